The molecule has 94 valence electrons. The second-order valence-corrected chi connectivity index (χ2v) is 5.21. The Morgan fingerprint density at radius 2 is 2.00 bits per heavy atom. The summed E-state index contributed by atoms with van der Waals surface area (Å²) in [7, 11) is 0. The molecule has 0 saturated carbocycles. The summed E-state index contributed by atoms with van der Waals surface area (Å²) in [5.74, 6) is -1.00. The first kappa shape index (κ1) is 12.8. The zero-order valence-corrected chi connectivity index (χ0v) is 11.0. The maximum atomic E-state index is 11.1. The normalized spacial score (nSPS) is 12.4. The molecule has 2 aromatic rings. The van der Waals surface area contributed by atoms with E-state index in [1.54, 1.807) is 5.38 Å². The van der Waals surface area contributed by atoms with Crippen molar-refractivity contribution in [3.05, 3.63) is 56.8 Å². The van der Waals surface area contributed by atoms with Crippen molar-refractivity contribution in [1.29, 1.82) is 0 Å². The van der Waals surface area contributed by atoms with Gasteiger partial charge in [0.1, 0.15) is 6.10 Å². The summed E-state index contributed by atoms with van der Waals surface area (Å²) in [4.78, 5) is 11.5. The highest BCUT2D eigenvalue weighted by molar-refractivity contribution is 7.10. The number of aliphatic hydroxyl groups is 1. The minimum absolute atomic E-state index is 0.174. The van der Waals surface area contributed by atoms with Crippen molar-refractivity contribution >= 4 is 17.3 Å². The van der Waals surface area contributed by atoms with E-state index in [1.165, 1.54) is 17.4 Å². The first-order valence-corrected chi connectivity index (χ1v) is 6.44. The van der Waals surface area contributed by atoms with Gasteiger partial charge in [0, 0.05) is 0 Å². The fraction of sp³-hybridized carbons (Fsp3) is 0.214. The predicted octanol–water partition coefficient (Wildman–Crippen LogP) is 3.14. The number of carboxylic acids is 1. The third-order valence-electron chi connectivity index (χ3n) is 2.90. The van der Waals surface area contributed by atoms with Crippen LogP contribution in [0.1, 0.15) is 38.0 Å². The number of carboxylic acid groups (broad SMARTS) is 1. The second-order valence-electron chi connectivity index (χ2n) is 4.27. The Bertz CT molecular complexity index is 586. The molecule has 2 rings (SSSR count). The van der Waals surface area contributed by atoms with Gasteiger partial charge in [0.05, 0.1) is 10.4 Å². The minimum atomic E-state index is -1.00. The van der Waals surface area contributed by atoms with E-state index in [-0.39, 0.29) is 5.56 Å². The average molecular weight is 262 g/mol. The van der Waals surface area contributed by atoms with Crippen LogP contribution in [0.5, 0.6) is 0 Å². The second kappa shape index (κ2) is 4.92. The fourth-order valence-corrected chi connectivity index (χ4v) is 2.79. The average Bonchev–Trinajstić information content (AvgIpc) is 2.80. The number of thiophene rings is 1. The monoisotopic (exact) mass is 262 g/mol. The highest BCUT2D eigenvalue weighted by Crippen LogP contribution is 2.31. The molecule has 0 saturated heterocycles. The van der Waals surface area contributed by atoms with Gasteiger partial charge in [-0.05, 0) is 36.4 Å². The summed E-state index contributed by atoms with van der Waals surface area (Å²) in [5, 5.41) is 21.1. The van der Waals surface area contributed by atoms with E-state index in [0.717, 1.165) is 16.7 Å². The Hall–Kier alpha value is -1.65. The summed E-state index contributed by atoms with van der Waals surface area (Å²) in [5.41, 5.74) is 2.94. The molecule has 1 heterocycles. The molecule has 0 fully saturated rings. The van der Waals surface area contributed by atoms with Crippen LogP contribution in [0.4, 0.5) is 0 Å². The third-order valence-corrected chi connectivity index (χ3v) is 3.87. The van der Waals surface area contributed by atoms with E-state index in [9.17, 15) is 9.90 Å². The topological polar surface area (TPSA) is 57.5 Å². The molecule has 0 radical (unpaired) electrons. The molecular formula is C14H14O3S. The van der Waals surface area contributed by atoms with E-state index in [0.29, 0.717) is 4.88 Å². The lowest BCUT2D eigenvalue weighted by molar-refractivity contribution is 0.0692. The molecular weight excluding hydrogens is 248 g/mol. The maximum absolute atomic E-state index is 11.1. The van der Waals surface area contributed by atoms with Crippen LogP contribution in [0, 0.1) is 13.8 Å². The van der Waals surface area contributed by atoms with Crippen molar-refractivity contribution in [3.63, 3.8) is 0 Å². The van der Waals surface area contributed by atoms with Gasteiger partial charge in [0.2, 0.25) is 0 Å². The van der Waals surface area contributed by atoms with Crippen molar-refractivity contribution in [2.75, 3.05) is 0 Å². The molecule has 18 heavy (non-hydrogen) atoms. The van der Waals surface area contributed by atoms with E-state index >= 15 is 0 Å². The number of rotatable bonds is 3. The number of hydrogen-bond acceptors (Lipinski definition) is 3. The molecule has 0 bridgehead atoms. The van der Waals surface area contributed by atoms with E-state index in [2.05, 4.69) is 0 Å². The molecule has 3 nitrogen and oxygen atoms in total. The predicted molar refractivity (Wildman–Crippen MR) is 71.3 cm³/mol. The first-order valence-electron chi connectivity index (χ1n) is 5.56. The summed E-state index contributed by atoms with van der Waals surface area (Å²) >= 11 is 1.26. The van der Waals surface area contributed by atoms with E-state index < -0.39 is 12.1 Å². The van der Waals surface area contributed by atoms with Crippen molar-refractivity contribution < 1.29 is 15.0 Å². The molecule has 0 aliphatic heterocycles. The number of benzene rings is 1. The summed E-state index contributed by atoms with van der Waals surface area (Å²) < 4.78 is 0. The number of aryl methyl sites for hydroxylation is 2. The van der Waals surface area contributed by atoms with Crippen LogP contribution >= 0.6 is 11.3 Å². The van der Waals surface area contributed by atoms with Crippen molar-refractivity contribution in [1.82, 2.24) is 0 Å². The number of aromatic carboxylic acids is 1. The zero-order chi connectivity index (χ0) is 13.3. The van der Waals surface area contributed by atoms with Crippen molar-refractivity contribution in [3.8, 4) is 0 Å². The molecule has 1 unspecified atom stereocenters. The molecule has 0 amide bonds. The standard InChI is InChI=1S/C14H14O3S/c1-8-3-4-9(2)11(7-8)12(15)13-10(14(16)17)5-6-18-13/h3-7,12,15H,1-2H3,(H,16,17). The van der Waals surface area contributed by atoms with Crippen molar-refractivity contribution in [2.24, 2.45) is 0 Å². The van der Waals surface area contributed by atoms with Crippen LogP contribution in [0.2, 0.25) is 0 Å². The summed E-state index contributed by atoms with van der Waals surface area (Å²) in [6.45, 7) is 3.86. The molecule has 4 heteroatoms. The summed E-state index contributed by atoms with van der Waals surface area (Å²) in [6, 6.07) is 7.32. The van der Waals surface area contributed by atoms with Crippen LogP contribution in [0.3, 0.4) is 0 Å². The Morgan fingerprint density at radius 3 is 2.67 bits per heavy atom. The fourth-order valence-electron chi connectivity index (χ4n) is 1.91. The van der Waals surface area contributed by atoms with Gasteiger partial charge in [-0.3, -0.25) is 0 Å². The van der Waals surface area contributed by atoms with E-state index in [4.69, 9.17) is 5.11 Å². The minimum Gasteiger partial charge on any atom is -0.478 e. The maximum Gasteiger partial charge on any atom is 0.336 e. The Morgan fingerprint density at radius 1 is 1.28 bits per heavy atom. The van der Waals surface area contributed by atoms with Gasteiger partial charge in [-0.1, -0.05) is 23.8 Å². The molecule has 1 aromatic heterocycles. The number of hydrogen-bond donors (Lipinski definition) is 2. The molecule has 0 aliphatic rings. The lowest BCUT2D eigenvalue weighted by atomic mass is 9.98. The first-order chi connectivity index (χ1) is 8.50. The van der Waals surface area contributed by atoms with Gasteiger partial charge in [0.15, 0.2) is 0 Å². The highest BCUT2D eigenvalue weighted by atomic mass is 32.1. The number of aliphatic hydroxyl groups excluding tert-OH is 1. The Kier molecular flexibility index (Phi) is 3.50. The smallest absolute Gasteiger partial charge is 0.336 e. The number of carbonyl (C=O) groups is 1. The van der Waals surface area contributed by atoms with Gasteiger partial charge < -0.3 is 10.2 Å². The van der Waals surface area contributed by atoms with Gasteiger partial charge in [-0.25, -0.2) is 4.79 Å². The van der Waals surface area contributed by atoms with Crippen LogP contribution in [-0.2, 0) is 0 Å². The molecule has 0 spiro atoms. The summed E-state index contributed by atoms with van der Waals surface area (Å²) in [6.07, 6.45) is -0.879. The van der Waals surface area contributed by atoms with Crippen LogP contribution < -0.4 is 0 Å². The quantitative estimate of drug-likeness (QED) is 0.893. The van der Waals surface area contributed by atoms with Gasteiger partial charge in [0.25, 0.3) is 0 Å². The van der Waals surface area contributed by atoms with Gasteiger partial charge in [-0.15, -0.1) is 11.3 Å². The van der Waals surface area contributed by atoms with Crippen molar-refractivity contribution in [2.45, 2.75) is 20.0 Å². The van der Waals surface area contributed by atoms with Crippen LogP contribution in [0.15, 0.2) is 29.6 Å². The van der Waals surface area contributed by atoms with Crippen LogP contribution in [0.25, 0.3) is 0 Å². The molecule has 2 N–H and O–H groups in total. The third kappa shape index (κ3) is 2.30. The largest absolute Gasteiger partial charge is 0.478 e. The lowest BCUT2D eigenvalue weighted by Gasteiger charge is -2.14. The Labute approximate surface area is 109 Å². The lowest BCUT2D eigenvalue weighted by Crippen LogP contribution is -2.06. The zero-order valence-electron chi connectivity index (χ0n) is 10.2. The molecule has 1 aromatic carbocycles. The molecule has 1 atom stereocenters. The van der Waals surface area contributed by atoms with Gasteiger partial charge in [-0.2, -0.15) is 0 Å². The van der Waals surface area contributed by atoms with Crippen LogP contribution in [-0.4, -0.2) is 16.2 Å². The molecule has 0 aliphatic carbocycles. The highest BCUT2D eigenvalue weighted by Gasteiger charge is 2.21. The SMILES string of the molecule is Cc1ccc(C)c(C(O)c2sccc2C(=O)O)c1. The van der Waals surface area contributed by atoms with Gasteiger partial charge >= 0.3 is 5.97 Å². The Balaban J connectivity index is 2.47. The van der Waals surface area contributed by atoms with E-state index in [1.807, 2.05) is 32.0 Å².